The van der Waals surface area contributed by atoms with Crippen LogP contribution in [0.1, 0.15) is 67.7 Å². The van der Waals surface area contributed by atoms with Crippen molar-refractivity contribution in [1.82, 2.24) is 15.1 Å². The molecule has 0 aliphatic carbocycles. The molecule has 0 saturated carbocycles. The molecule has 2 aliphatic rings. The Kier molecular flexibility index (Phi) is 8.20. The molecule has 192 valence electrons. The summed E-state index contributed by atoms with van der Waals surface area (Å²) in [7, 11) is 1.29. The van der Waals surface area contributed by atoms with Crippen LogP contribution in [0, 0.1) is 5.41 Å². The molecule has 0 unspecified atom stereocenters. The smallest absolute Gasteiger partial charge is 0.330 e. The van der Waals surface area contributed by atoms with E-state index in [0.29, 0.717) is 37.3 Å². The first-order valence-electron chi connectivity index (χ1n) is 12.1. The number of carbonyl (C=O) groups is 4. The van der Waals surface area contributed by atoms with E-state index >= 15 is 0 Å². The van der Waals surface area contributed by atoms with Gasteiger partial charge in [0.1, 0.15) is 0 Å². The number of ether oxygens (including phenoxy) is 2. The molecule has 0 radical (unpaired) electrons. The van der Waals surface area contributed by atoms with Crippen molar-refractivity contribution in [1.29, 1.82) is 0 Å². The van der Waals surface area contributed by atoms with Gasteiger partial charge in [-0.05, 0) is 64.5 Å². The van der Waals surface area contributed by atoms with E-state index in [-0.39, 0.29) is 29.7 Å². The Morgan fingerprint density at radius 3 is 2.03 bits per heavy atom. The molecule has 1 N–H and O–H groups in total. The summed E-state index contributed by atoms with van der Waals surface area (Å²) in [6.07, 6.45) is 2.47. The third-order valence-electron chi connectivity index (χ3n) is 6.84. The lowest BCUT2D eigenvalue weighted by Crippen LogP contribution is -2.51. The highest BCUT2D eigenvalue weighted by Crippen LogP contribution is 2.40. The van der Waals surface area contributed by atoms with E-state index in [1.165, 1.54) is 14.0 Å². The molecule has 35 heavy (non-hydrogen) atoms. The number of benzene rings is 1. The van der Waals surface area contributed by atoms with Crippen LogP contribution in [0.4, 0.5) is 4.79 Å². The van der Waals surface area contributed by atoms with Gasteiger partial charge < -0.3 is 24.6 Å². The number of hydrogen-bond donors (Lipinski definition) is 1. The number of piperidine rings is 1. The second-order valence-corrected chi connectivity index (χ2v) is 10.5. The Hall–Kier alpha value is -2.94. The van der Waals surface area contributed by atoms with Crippen molar-refractivity contribution in [2.45, 2.75) is 58.6 Å². The number of nitrogens with zero attached hydrogens (tertiary/aromatic N) is 2. The highest BCUT2D eigenvalue weighted by Gasteiger charge is 2.43. The lowest BCUT2D eigenvalue weighted by atomic mass is 9.77. The van der Waals surface area contributed by atoms with Crippen LogP contribution in [-0.2, 0) is 14.3 Å². The predicted octanol–water partition coefficient (Wildman–Crippen LogP) is 2.88. The number of likely N-dealkylation sites (tertiary alicyclic amines) is 2. The third-order valence-corrected chi connectivity index (χ3v) is 6.84. The summed E-state index contributed by atoms with van der Waals surface area (Å²) in [6.45, 7) is 9.60. The topological polar surface area (TPSA) is 105 Å². The fourth-order valence-corrected chi connectivity index (χ4v) is 4.62. The van der Waals surface area contributed by atoms with Gasteiger partial charge in [0.15, 0.2) is 11.8 Å². The number of methoxy groups -OCH3 is 1. The van der Waals surface area contributed by atoms with Crippen molar-refractivity contribution in [2.24, 2.45) is 5.41 Å². The fourth-order valence-electron chi connectivity index (χ4n) is 4.62. The number of ketones is 1. The second-order valence-electron chi connectivity index (χ2n) is 10.5. The standard InChI is InChI=1S/C26H37N3O6/c1-18(30)19-6-8-20(9-7-19)22(31)28-13-10-26(11-14-28)12-15-29(17-26)24(33)27-21(23(32)34-5)16-35-25(2,3)4/h6-9,21H,10-17H2,1-5H3,(H,27,33)/t21-/m0/s1. The van der Waals surface area contributed by atoms with Crippen LogP contribution < -0.4 is 5.32 Å². The molecule has 1 aromatic rings. The van der Waals surface area contributed by atoms with Gasteiger partial charge in [-0.15, -0.1) is 0 Å². The molecule has 2 saturated heterocycles. The molecule has 2 fully saturated rings. The number of hydrogen-bond acceptors (Lipinski definition) is 6. The number of urea groups is 1. The van der Waals surface area contributed by atoms with Crippen molar-refractivity contribution in [3.63, 3.8) is 0 Å². The molecule has 0 aromatic heterocycles. The Balaban J connectivity index is 1.54. The SMILES string of the molecule is COC(=O)[C@H](COC(C)(C)C)NC(=O)N1CCC2(CCN(C(=O)c3ccc(C(C)=O)cc3)CC2)C1. The molecule has 9 nitrogen and oxygen atoms in total. The van der Waals surface area contributed by atoms with Gasteiger partial charge in [0.05, 0.1) is 19.3 Å². The summed E-state index contributed by atoms with van der Waals surface area (Å²) in [6, 6.07) is 5.58. The van der Waals surface area contributed by atoms with E-state index in [0.717, 1.165) is 19.3 Å². The number of nitrogens with one attached hydrogen (secondary N) is 1. The van der Waals surface area contributed by atoms with Crippen molar-refractivity contribution in [3.8, 4) is 0 Å². The van der Waals surface area contributed by atoms with Crippen molar-refractivity contribution in [2.75, 3.05) is 39.9 Å². The molecule has 1 spiro atoms. The quantitative estimate of drug-likeness (QED) is 0.489. The van der Waals surface area contributed by atoms with Crippen LogP contribution in [-0.4, -0.2) is 85.0 Å². The molecule has 2 aliphatic heterocycles. The summed E-state index contributed by atoms with van der Waals surface area (Å²) in [4.78, 5) is 53.0. The highest BCUT2D eigenvalue weighted by molar-refractivity contribution is 5.97. The number of amides is 3. The molecule has 9 heteroatoms. The number of carbonyl (C=O) groups excluding carboxylic acids is 4. The third kappa shape index (κ3) is 6.81. The van der Waals surface area contributed by atoms with E-state index < -0.39 is 17.6 Å². The van der Waals surface area contributed by atoms with Crippen LogP contribution in [0.5, 0.6) is 0 Å². The van der Waals surface area contributed by atoms with E-state index in [1.54, 1.807) is 29.2 Å². The molecular weight excluding hydrogens is 450 g/mol. The van der Waals surface area contributed by atoms with Gasteiger partial charge in [-0.3, -0.25) is 9.59 Å². The lowest BCUT2D eigenvalue weighted by molar-refractivity contribution is -0.146. The largest absolute Gasteiger partial charge is 0.467 e. The maximum atomic E-state index is 12.9. The number of Topliss-reactive ketones (excluding diaryl/α,β-unsaturated/α-hetero) is 1. The van der Waals surface area contributed by atoms with Gasteiger partial charge in [-0.2, -0.15) is 0 Å². The monoisotopic (exact) mass is 487 g/mol. The molecule has 0 bridgehead atoms. The molecule has 3 rings (SSSR count). The Labute approximate surface area is 207 Å². The second kappa shape index (κ2) is 10.8. The van der Waals surface area contributed by atoms with Gasteiger partial charge in [-0.1, -0.05) is 12.1 Å². The minimum absolute atomic E-state index is 0.0293. The first-order chi connectivity index (χ1) is 16.4. The van der Waals surface area contributed by atoms with Crippen LogP contribution in [0.15, 0.2) is 24.3 Å². The van der Waals surface area contributed by atoms with Crippen molar-refractivity contribution in [3.05, 3.63) is 35.4 Å². The summed E-state index contributed by atoms with van der Waals surface area (Å²) < 4.78 is 10.5. The van der Waals surface area contributed by atoms with Crippen molar-refractivity contribution < 1.29 is 28.7 Å². The van der Waals surface area contributed by atoms with Crippen LogP contribution in [0.3, 0.4) is 0 Å². The summed E-state index contributed by atoms with van der Waals surface area (Å²) in [5.74, 6) is -0.611. The number of rotatable bonds is 6. The zero-order valence-electron chi connectivity index (χ0n) is 21.4. The van der Waals surface area contributed by atoms with E-state index in [9.17, 15) is 19.2 Å². The minimum atomic E-state index is -0.878. The number of esters is 1. The van der Waals surface area contributed by atoms with Gasteiger partial charge in [-0.25, -0.2) is 9.59 Å². The molecule has 1 atom stereocenters. The Bertz CT molecular complexity index is 945. The predicted molar refractivity (Wildman–Crippen MR) is 130 cm³/mol. The summed E-state index contributed by atoms with van der Waals surface area (Å²) in [5.41, 5.74) is 0.679. The van der Waals surface area contributed by atoms with Gasteiger partial charge in [0.2, 0.25) is 0 Å². The van der Waals surface area contributed by atoms with Crippen LogP contribution >= 0.6 is 0 Å². The Morgan fingerprint density at radius 1 is 0.971 bits per heavy atom. The average molecular weight is 488 g/mol. The maximum absolute atomic E-state index is 12.9. The zero-order valence-corrected chi connectivity index (χ0v) is 21.4. The molecular formula is C26H37N3O6. The van der Waals surface area contributed by atoms with Crippen molar-refractivity contribution >= 4 is 23.7 Å². The first-order valence-corrected chi connectivity index (χ1v) is 12.1. The minimum Gasteiger partial charge on any atom is -0.467 e. The van der Waals surface area contributed by atoms with Crippen LogP contribution in [0.2, 0.25) is 0 Å². The van der Waals surface area contributed by atoms with Gasteiger partial charge in [0.25, 0.3) is 5.91 Å². The lowest BCUT2D eigenvalue weighted by Gasteiger charge is -2.39. The van der Waals surface area contributed by atoms with Crippen LogP contribution in [0.25, 0.3) is 0 Å². The fraction of sp³-hybridized carbons (Fsp3) is 0.615. The molecule has 1 aromatic carbocycles. The average Bonchev–Trinajstić information content (AvgIpc) is 3.24. The van der Waals surface area contributed by atoms with E-state index in [2.05, 4.69) is 5.32 Å². The maximum Gasteiger partial charge on any atom is 0.330 e. The first kappa shape index (κ1) is 26.7. The summed E-state index contributed by atoms with van der Waals surface area (Å²) >= 11 is 0. The highest BCUT2D eigenvalue weighted by atomic mass is 16.5. The zero-order chi connectivity index (χ0) is 25.8. The normalized spacial score (nSPS) is 18.3. The van der Waals surface area contributed by atoms with E-state index in [1.807, 2.05) is 25.7 Å². The molecule has 2 heterocycles. The van der Waals surface area contributed by atoms with Gasteiger partial charge in [0, 0.05) is 37.3 Å². The molecule has 3 amide bonds. The van der Waals surface area contributed by atoms with Gasteiger partial charge >= 0.3 is 12.0 Å². The summed E-state index contributed by atoms with van der Waals surface area (Å²) in [5, 5.41) is 2.76. The van der Waals surface area contributed by atoms with E-state index in [4.69, 9.17) is 9.47 Å². The Morgan fingerprint density at radius 2 is 1.51 bits per heavy atom.